The van der Waals surface area contributed by atoms with Crippen LogP contribution in [-0.2, 0) is 16.6 Å². The zero-order chi connectivity index (χ0) is 18.7. The number of nitrogens with one attached hydrogen (secondary N) is 2. The van der Waals surface area contributed by atoms with Crippen molar-refractivity contribution in [3.05, 3.63) is 46.3 Å². The van der Waals surface area contributed by atoms with Gasteiger partial charge in [0.2, 0.25) is 10.0 Å². The lowest BCUT2D eigenvalue weighted by Crippen LogP contribution is -2.18. The molecule has 1 aromatic carbocycles. The molecule has 0 amide bonds. The van der Waals surface area contributed by atoms with Crippen molar-refractivity contribution in [1.82, 2.24) is 14.5 Å². The van der Waals surface area contributed by atoms with E-state index in [4.69, 9.17) is 0 Å². The van der Waals surface area contributed by atoms with Crippen LogP contribution in [-0.4, -0.2) is 30.2 Å². The molecule has 1 aromatic heterocycles. The lowest BCUT2D eigenvalue weighted by molar-refractivity contribution is -0.384. The van der Waals surface area contributed by atoms with Crippen LogP contribution < -0.4 is 10.0 Å². The Labute approximate surface area is 151 Å². The Morgan fingerprint density at radius 2 is 2.04 bits per heavy atom. The average molecular weight is 379 g/mol. The van der Waals surface area contributed by atoms with Gasteiger partial charge < -0.3 is 5.32 Å². The van der Waals surface area contributed by atoms with E-state index in [0.29, 0.717) is 12.6 Å². The van der Waals surface area contributed by atoms with Crippen LogP contribution >= 0.6 is 0 Å². The maximum absolute atomic E-state index is 11.8. The molecule has 26 heavy (non-hydrogen) atoms. The van der Waals surface area contributed by atoms with Crippen LogP contribution in [0.3, 0.4) is 0 Å². The van der Waals surface area contributed by atoms with E-state index in [1.807, 2.05) is 16.9 Å². The molecule has 1 heterocycles. The summed E-state index contributed by atoms with van der Waals surface area (Å²) in [5, 5.41) is 18.8. The molecule has 2 aromatic rings. The highest BCUT2D eigenvalue weighted by Crippen LogP contribution is 2.30. The predicted molar refractivity (Wildman–Crippen MR) is 96.4 cm³/mol. The number of sulfonamides is 1. The maximum Gasteiger partial charge on any atom is 0.293 e. The third-order valence-corrected chi connectivity index (χ3v) is 5.98. The fourth-order valence-corrected chi connectivity index (χ4v) is 3.88. The van der Waals surface area contributed by atoms with Crippen molar-refractivity contribution in [1.29, 1.82) is 0 Å². The van der Waals surface area contributed by atoms with Gasteiger partial charge in [-0.15, -0.1) is 0 Å². The first-order valence-corrected chi connectivity index (χ1v) is 9.89. The lowest BCUT2D eigenvalue weighted by atomic mass is 10.2. The van der Waals surface area contributed by atoms with Crippen molar-refractivity contribution < 1.29 is 13.3 Å². The molecule has 1 aliphatic carbocycles. The SMILES string of the molecule is CNS(=O)(=O)c1ccc(NCc2ccn(C3CCCC3)n2)c([N+](=O)[O-])c1. The Bertz CT molecular complexity index is 903. The Kier molecular flexibility index (Phi) is 5.23. The largest absolute Gasteiger partial charge is 0.374 e. The molecule has 0 bridgehead atoms. The molecule has 0 unspecified atom stereocenters. The number of nitro groups is 1. The second-order valence-corrected chi connectivity index (χ2v) is 8.11. The molecular formula is C16H21N5O4S. The number of aromatic nitrogens is 2. The van der Waals surface area contributed by atoms with Gasteiger partial charge in [-0.25, -0.2) is 13.1 Å². The van der Waals surface area contributed by atoms with E-state index >= 15 is 0 Å². The third kappa shape index (κ3) is 3.86. The highest BCUT2D eigenvalue weighted by atomic mass is 32.2. The van der Waals surface area contributed by atoms with Gasteiger partial charge in [-0.2, -0.15) is 5.10 Å². The van der Waals surface area contributed by atoms with Gasteiger partial charge in [-0.1, -0.05) is 12.8 Å². The van der Waals surface area contributed by atoms with Crippen LogP contribution in [0.2, 0.25) is 0 Å². The van der Waals surface area contributed by atoms with Crippen LogP contribution in [0.15, 0.2) is 35.4 Å². The Morgan fingerprint density at radius 1 is 1.31 bits per heavy atom. The van der Waals surface area contributed by atoms with E-state index in [9.17, 15) is 18.5 Å². The molecular weight excluding hydrogens is 358 g/mol. The fraction of sp³-hybridized carbons (Fsp3) is 0.438. The molecule has 3 rings (SSSR count). The van der Waals surface area contributed by atoms with Gasteiger partial charge >= 0.3 is 0 Å². The van der Waals surface area contributed by atoms with Gasteiger partial charge in [0.15, 0.2) is 0 Å². The molecule has 1 saturated carbocycles. The normalized spacial score (nSPS) is 15.3. The third-order valence-electron chi connectivity index (χ3n) is 4.57. The lowest BCUT2D eigenvalue weighted by Gasteiger charge is -2.10. The molecule has 10 heteroatoms. The smallest absolute Gasteiger partial charge is 0.293 e. The van der Waals surface area contributed by atoms with Crippen LogP contribution in [0, 0.1) is 10.1 Å². The molecule has 0 radical (unpaired) electrons. The molecule has 1 aliphatic rings. The van der Waals surface area contributed by atoms with Gasteiger partial charge in [-0.3, -0.25) is 14.8 Å². The summed E-state index contributed by atoms with van der Waals surface area (Å²) < 4.78 is 27.8. The number of nitro benzene ring substituents is 1. The monoisotopic (exact) mass is 379 g/mol. The van der Waals surface area contributed by atoms with E-state index in [-0.39, 0.29) is 16.3 Å². The number of hydrogen-bond acceptors (Lipinski definition) is 6. The summed E-state index contributed by atoms with van der Waals surface area (Å²) in [6, 6.07) is 6.10. The number of benzene rings is 1. The van der Waals surface area contributed by atoms with Crippen LogP contribution in [0.25, 0.3) is 0 Å². The first-order chi connectivity index (χ1) is 12.4. The fourth-order valence-electron chi connectivity index (χ4n) is 3.13. The minimum Gasteiger partial charge on any atom is -0.374 e. The summed E-state index contributed by atoms with van der Waals surface area (Å²) in [6.07, 6.45) is 6.62. The zero-order valence-corrected chi connectivity index (χ0v) is 15.2. The highest BCUT2D eigenvalue weighted by molar-refractivity contribution is 7.89. The number of nitrogens with zero attached hydrogens (tertiary/aromatic N) is 3. The van der Waals surface area contributed by atoms with Gasteiger partial charge in [0.05, 0.1) is 28.1 Å². The Balaban J connectivity index is 1.76. The molecule has 0 aliphatic heterocycles. The van der Waals surface area contributed by atoms with E-state index in [1.165, 1.54) is 32.0 Å². The number of hydrogen-bond donors (Lipinski definition) is 2. The minimum atomic E-state index is -3.74. The van der Waals surface area contributed by atoms with Crippen LogP contribution in [0.4, 0.5) is 11.4 Å². The molecule has 0 atom stereocenters. The summed E-state index contributed by atoms with van der Waals surface area (Å²) in [4.78, 5) is 10.6. The molecule has 2 N–H and O–H groups in total. The zero-order valence-electron chi connectivity index (χ0n) is 14.4. The maximum atomic E-state index is 11.8. The Morgan fingerprint density at radius 3 is 2.69 bits per heavy atom. The van der Waals surface area contributed by atoms with E-state index in [1.54, 1.807) is 0 Å². The average Bonchev–Trinajstić information content (AvgIpc) is 3.31. The quantitative estimate of drug-likeness (QED) is 0.563. The van der Waals surface area contributed by atoms with Crippen molar-refractivity contribution in [2.45, 2.75) is 43.2 Å². The van der Waals surface area contributed by atoms with Crippen molar-refractivity contribution in [2.75, 3.05) is 12.4 Å². The Hall–Kier alpha value is -2.46. The van der Waals surface area contributed by atoms with Gasteiger partial charge in [-0.05, 0) is 38.1 Å². The molecule has 0 saturated heterocycles. The topological polar surface area (TPSA) is 119 Å². The standard InChI is InChI=1S/C16H21N5O4S/c1-17-26(24,25)14-6-7-15(16(10-14)21(22)23)18-11-12-8-9-20(19-12)13-4-2-3-5-13/h6-10,13,17-18H,2-5,11H2,1H3. The molecule has 9 nitrogen and oxygen atoms in total. The summed E-state index contributed by atoms with van der Waals surface area (Å²) in [7, 11) is -2.48. The predicted octanol–water partition coefficient (Wildman–Crippen LogP) is 2.43. The van der Waals surface area contributed by atoms with E-state index < -0.39 is 14.9 Å². The van der Waals surface area contributed by atoms with Crippen molar-refractivity contribution >= 4 is 21.4 Å². The van der Waals surface area contributed by atoms with Gasteiger partial charge in [0.25, 0.3) is 5.69 Å². The molecule has 140 valence electrons. The summed E-state index contributed by atoms with van der Waals surface area (Å²) in [5.41, 5.74) is 0.732. The molecule has 1 fully saturated rings. The van der Waals surface area contributed by atoms with Crippen LogP contribution in [0.5, 0.6) is 0 Å². The van der Waals surface area contributed by atoms with Crippen molar-refractivity contribution in [3.8, 4) is 0 Å². The minimum absolute atomic E-state index is 0.150. The second kappa shape index (κ2) is 7.42. The first-order valence-electron chi connectivity index (χ1n) is 8.40. The van der Waals surface area contributed by atoms with E-state index in [0.717, 1.165) is 24.6 Å². The van der Waals surface area contributed by atoms with E-state index in [2.05, 4.69) is 15.1 Å². The van der Waals surface area contributed by atoms with Gasteiger partial charge in [0.1, 0.15) is 5.69 Å². The number of rotatable bonds is 7. The van der Waals surface area contributed by atoms with Gasteiger partial charge in [0, 0.05) is 12.3 Å². The first kappa shape index (κ1) is 18.3. The van der Waals surface area contributed by atoms with Crippen LogP contribution in [0.1, 0.15) is 37.4 Å². The summed E-state index contributed by atoms with van der Waals surface area (Å²) in [5.74, 6) is 0. The summed E-state index contributed by atoms with van der Waals surface area (Å²) in [6.45, 7) is 0.318. The molecule has 0 spiro atoms. The van der Waals surface area contributed by atoms with Crippen molar-refractivity contribution in [2.24, 2.45) is 0 Å². The summed E-state index contributed by atoms with van der Waals surface area (Å²) >= 11 is 0. The second-order valence-electron chi connectivity index (χ2n) is 6.22. The number of anilines is 1. The van der Waals surface area contributed by atoms with Crippen molar-refractivity contribution in [3.63, 3.8) is 0 Å². The highest BCUT2D eigenvalue weighted by Gasteiger charge is 2.21.